The number of nitrogens with zero attached hydrogens (tertiary/aromatic N) is 4. The van der Waals surface area contributed by atoms with Crippen LogP contribution >= 0.6 is 0 Å². The predicted molar refractivity (Wildman–Crippen MR) is 131 cm³/mol. The fraction of sp³-hybridized carbons (Fsp3) is 0.583. The number of benzene rings is 1. The van der Waals surface area contributed by atoms with E-state index in [1.54, 1.807) is 24.3 Å². The van der Waals surface area contributed by atoms with E-state index in [9.17, 15) is 13.2 Å². The molecule has 0 aliphatic carbocycles. The van der Waals surface area contributed by atoms with E-state index in [0.717, 1.165) is 11.3 Å². The number of hydrogen-bond acceptors (Lipinski definition) is 5. The second kappa shape index (κ2) is 9.19. The highest BCUT2D eigenvalue weighted by Gasteiger charge is 2.30. The molecule has 1 amide bonds. The molecule has 182 valence electrons. The van der Waals surface area contributed by atoms with E-state index >= 15 is 0 Å². The molecule has 2 aromatic rings. The van der Waals surface area contributed by atoms with Gasteiger partial charge in [-0.1, -0.05) is 38.5 Å². The van der Waals surface area contributed by atoms with Crippen molar-refractivity contribution in [3.8, 4) is 0 Å². The summed E-state index contributed by atoms with van der Waals surface area (Å²) in [6.45, 7) is 16.3. The van der Waals surface area contributed by atoms with Gasteiger partial charge in [0.05, 0.1) is 22.7 Å². The summed E-state index contributed by atoms with van der Waals surface area (Å²) in [4.78, 5) is 15.1. The lowest BCUT2D eigenvalue weighted by Crippen LogP contribution is -2.50. The Morgan fingerprint density at radius 1 is 1.00 bits per heavy atom. The van der Waals surface area contributed by atoms with Gasteiger partial charge in [-0.05, 0) is 39.8 Å². The summed E-state index contributed by atoms with van der Waals surface area (Å²) in [5, 5.41) is 7.76. The average Bonchev–Trinajstić information content (AvgIpc) is 3.13. The van der Waals surface area contributed by atoms with Crippen LogP contribution < -0.4 is 5.32 Å². The minimum Gasteiger partial charge on any atom is -0.310 e. The van der Waals surface area contributed by atoms with Gasteiger partial charge in [0.1, 0.15) is 5.82 Å². The second-order valence-corrected chi connectivity index (χ2v) is 12.7. The Balaban J connectivity index is 1.62. The molecule has 1 aliphatic rings. The highest BCUT2D eigenvalue weighted by atomic mass is 32.2. The number of carbonyl (C=O) groups is 1. The van der Waals surface area contributed by atoms with E-state index in [1.165, 1.54) is 4.31 Å². The third-order valence-corrected chi connectivity index (χ3v) is 7.65. The molecule has 0 bridgehead atoms. The molecule has 1 aromatic carbocycles. The van der Waals surface area contributed by atoms with E-state index in [1.807, 2.05) is 22.6 Å². The van der Waals surface area contributed by atoms with Crippen molar-refractivity contribution in [3.05, 3.63) is 41.6 Å². The van der Waals surface area contributed by atoms with E-state index in [2.05, 4.69) is 46.9 Å². The van der Waals surface area contributed by atoms with Crippen molar-refractivity contribution in [3.63, 3.8) is 0 Å². The minimum atomic E-state index is -3.52. The van der Waals surface area contributed by atoms with Crippen LogP contribution in [0.3, 0.4) is 0 Å². The number of aromatic nitrogens is 2. The topological polar surface area (TPSA) is 87.5 Å². The number of hydrogen-bond donors (Lipinski definition) is 1. The van der Waals surface area contributed by atoms with Gasteiger partial charge >= 0.3 is 0 Å². The maximum atomic E-state index is 12.9. The van der Waals surface area contributed by atoms with Crippen molar-refractivity contribution >= 4 is 21.7 Å². The number of piperazine rings is 1. The Labute approximate surface area is 198 Å². The summed E-state index contributed by atoms with van der Waals surface area (Å²) >= 11 is 0. The molecule has 0 unspecified atom stereocenters. The molecule has 1 saturated heterocycles. The van der Waals surface area contributed by atoms with Gasteiger partial charge in [0.2, 0.25) is 15.9 Å². The normalized spacial score (nSPS) is 16.7. The van der Waals surface area contributed by atoms with Gasteiger partial charge in [-0.3, -0.25) is 9.69 Å². The lowest BCUT2D eigenvalue weighted by Gasteiger charge is -2.33. The van der Waals surface area contributed by atoms with Crippen molar-refractivity contribution in [2.24, 2.45) is 0 Å². The van der Waals surface area contributed by atoms with Gasteiger partial charge in [0, 0.05) is 37.7 Å². The van der Waals surface area contributed by atoms with Crippen LogP contribution in [0.15, 0.2) is 35.2 Å². The number of rotatable bonds is 5. The molecule has 0 atom stereocenters. The van der Waals surface area contributed by atoms with Gasteiger partial charge in [-0.2, -0.15) is 9.40 Å². The number of aryl methyl sites for hydroxylation is 1. The van der Waals surface area contributed by atoms with Crippen LogP contribution in [-0.2, 0) is 25.8 Å². The lowest BCUT2D eigenvalue weighted by atomic mass is 9.92. The Morgan fingerprint density at radius 3 is 2.09 bits per heavy atom. The van der Waals surface area contributed by atoms with Crippen LogP contribution in [0.5, 0.6) is 0 Å². The largest absolute Gasteiger partial charge is 0.310 e. The molecule has 1 N–H and O–H groups in total. The third-order valence-electron chi connectivity index (χ3n) is 5.74. The maximum Gasteiger partial charge on any atom is 0.243 e. The van der Waals surface area contributed by atoms with Crippen molar-refractivity contribution in [1.82, 2.24) is 19.0 Å². The van der Waals surface area contributed by atoms with Gasteiger partial charge in [-0.25, -0.2) is 13.1 Å². The Bertz CT molecular complexity index is 1080. The summed E-state index contributed by atoms with van der Waals surface area (Å²) in [5.41, 5.74) is 1.53. The molecule has 1 aliphatic heterocycles. The minimum absolute atomic E-state index is 0.129. The van der Waals surface area contributed by atoms with Gasteiger partial charge in [0.25, 0.3) is 0 Å². The van der Waals surface area contributed by atoms with E-state index < -0.39 is 10.0 Å². The molecule has 1 fully saturated rings. The summed E-state index contributed by atoms with van der Waals surface area (Å²) < 4.78 is 29.2. The molecule has 0 spiro atoms. The molecule has 33 heavy (non-hydrogen) atoms. The SMILES string of the molecule is Cc1ccc(S(=O)(=O)N2CCN(CC(=O)Nc3cc(C(C)(C)C)nn3C(C)(C)C)CC2)cc1. The van der Waals surface area contributed by atoms with Crippen molar-refractivity contribution in [1.29, 1.82) is 0 Å². The molecule has 8 nitrogen and oxygen atoms in total. The molecule has 9 heteroatoms. The van der Waals surface area contributed by atoms with Crippen LogP contribution in [0.1, 0.15) is 52.8 Å². The molecule has 3 rings (SSSR count). The smallest absolute Gasteiger partial charge is 0.243 e. The number of amides is 1. The molecule has 0 radical (unpaired) electrons. The summed E-state index contributed by atoms with van der Waals surface area (Å²) in [6.07, 6.45) is 0. The number of nitrogens with one attached hydrogen (secondary N) is 1. The highest BCUT2D eigenvalue weighted by Crippen LogP contribution is 2.28. The number of anilines is 1. The van der Waals surface area contributed by atoms with E-state index in [0.29, 0.717) is 36.9 Å². The van der Waals surface area contributed by atoms with E-state index in [4.69, 9.17) is 5.10 Å². The predicted octanol–water partition coefficient (Wildman–Crippen LogP) is 3.19. The quantitative estimate of drug-likeness (QED) is 0.718. The van der Waals surface area contributed by atoms with Crippen LogP contribution in [0.25, 0.3) is 0 Å². The number of carbonyl (C=O) groups excluding carboxylic acids is 1. The zero-order chi connectivity index (χ0) is 24.6. The van der Waals surface area contributed by atoms with Crippen LogP contribution in [0.2, 0.25) is 0 Å². The van der Waals surface area contributed by atoms with Gasteiger partial charge < -0.3 is 5.32 Å². The number of sulfonamides is 1. The first-order valence-electron chi connectivity index (χ1n) is 11.4. The van der Waals surface area contributed by atoms with Crippen molar-refractivity contribution in [2.45, 2.75) is 64.3 Å². The molecule has 2 heterocycles. The zero-order valence-corrected chi connectivity index (χ0v) is 21.7. The average molecular weight is 476 g/mol. The third kappa shape index (κ3) is 6.02. The Hall–Kier alpha value is -2.23. The Kier molecular flexibility index (Phi) is 7.07. The fourth-order valence-electron chi connectivity index (χ4n) is 3.72. The first kappa shape index (κ1) is 25.4. The maximum absolute atomic E-state index is 12.9. The van der Waals surface area contributed by atoms with Crippen molar-refractivity contribution < 1.29 is 13.2 Å². The van der Waals surface area contributed by atoms with Crippen molar-refractivity contribution in [2.75, 3.05) is 38.0 Å². The lowest BCUT2D eigenvalue weighted by molar-refractivity contribution is -0.117. The molecule has 1 aromatic heterocycles. The first-order valence-corrected chi connectivity index (χ1v) is 12.8. The molecular formula is C24H37N5O3S. The highest BCUT2D eigenvalue weighted by molar-refractivity contribution is 7.89. The summed E-state index contributed by atoms with van der Waals surface area (Å²) in [7, 11) is -3.52. The van der Waals surface area contributed by atoms with Crippen LogP contribution in [0, 0.1) is 6.92 Å². The summed E-state index contributed by atoms with van der Waals surface area (Å²) in [6, 6.07) is 8.85. The standard InChI is InChI=1S/C24H37N5O3S/c1-18-8-10-19(11-9-18)33(31,32)28-14-12-27(13-15-28)17-22(30)25-21-16-20(23(2,3)4)26-29(21)24(5,6)7/h8-11,16H,12-15,17H2,1-7H3,(H,25,30). The Morgan fingerprint density at radius 2 is 1.58 bits per heavy atom. The monoisotopic (exact) mass is 475 g/mol. The zero-order valence-electron chi connectivity index (χ0n) is 20.8. The van der Waals surface area contributed by atoms with Gasteiger partial charge in [0.15, 0.2) is 0 Å². The van der Waals surface area contributed by atoms with Gasteiger partial charge in [-0.15, -0.1) is 0 Å². The second-order valence-electron chi connectivity index (χ2n) is 10.8. The fourth-order valence-corrected chi connectivity index (χ4v) is 5.14. The van der Waals surface area contributed by atoms with Crippen LogP contribution in [0.4, 0.5) is 5.82 Å². The molecule has 0 saturated carbocycles. The molecular weight excluding hydrogens is 438 g/mol. The van der Waals surface area contributed by atoms with Crippen LogP contribution in [-0.4, -0.2) is 66.0 Å². The summed E-state index contributed by atoms with van der Waals surface area (Å²) in [5.74, 6) is 0.550. The first-order chi connectivity index (χ1) is 15.2. The van der Waals surface area contributed by atoms with E-state index in [-0.39, 0.29) is 23.4 Å².